The third-order valence-electron chi connectivity index (χ3n) is 2.09. The van der Waals surface area contributed by atoms with Crippen LogP contribution in [0.5, 0.6) is 10.8 Å². The molecule has 1 aromatic heterocycles. The molecular weight excluding hydrogens is 200 g/mol. The van der Waals surface area contributed by atoms with Crippen LogP contribution in [0.2, 0.25) is 0 Å². The number of phenols is 1. The van der Waals surface area contributed by atoms with E-state index < -0.39 is 0 Å². The minimum Gasteiger partial charge on any atom is -0.506 e. The van der Waals surface area contributed by atoms with Gasteiger partial charge in [0.1, 0.15) is 5.75 Å². The lowest BCUT2D eigenvalue weighted by Gasteiger charge is -2.00. The number of hydrogen-bond donors (Lipinski definition) is 2. The van der Waals surface area contributed by atoms with Gasteiger partial charge in [-0.2, -0.15) is 0 Å². The first-order chi connectivity index (χ1) is 6.76. The Bertz CT molecular complexity index is 462. The van der Waals surface area contributed by atoms with E-state index in [1.165, 1.54) is 11.3 Å². The van der Waals surface area contributed by atoms with Crippen LogP contribution in [0.4, 0.5) is 0 Å². The topological polar surface area (TPSA) is 49.7 Å². The van der Waals surface area contributed by atoms with Gasteiger partial charge in [0.05, 0.1) is 18.4 Å². The van der Waals surface area contributed by atoms with Crippen LogP contribution in [0.25, 0.3) is 10.1 Å². The van der Waals surface area contributed by atoms with Crippen molar-refractivity contribution in [3.63, 3.8) is 0 Å². The Kier molecular flexibility index (Phi) is 2.31. The lowest BCUT2D eigenvalue weighted by atomic mass is 10.1. The molecule has 0 radical (unpaired) electrons. The predicted octanol–water partition coefficient (Wildman–Crippen LogP) is 2.11. The summed E-state index contributed by atoms with van der Waals surface area (Å²) in [6.07, 6.45) is 0. The van der Waals surface area contributed by atoms with Gasteiger partial charge in [-0.3, -0.25) is 0 Å². The molecule has 0 unspecified atom stereocenters. The van der Waals surface area contributed by atoms with Crippen LogP contribution in [0.15, 0.2) is 18.2 Å². The summed E-state index contributed by atoms with van der Waals surface area (Å²) in [4.78, 5) is 0. The fraction of sp³-hybridized carbons (Fsp3) is 0.200. The molecule has 0 saturated carbocycles. The number of rotatable bonds is 2. The predicted molar refractivity (Wildman–Crippen MR) is 56.0 cm³/mol. The molecule has 1 heterocycles. The summed E-state index contributed by atoms with van der Waals surface area (Å²) >= 11 is 1.37. The summed E-state index contributed by atoms with van der Waals surface area (Å²) in [6, 6.07) is 5.43. The quantitative estimate of drug-likeness (QED) is 0.798. The summed E-state index contributed by atoms with van der Waals surface area (Å²) in [6.45, 7) is -0.151. The van der Waals surface area contributed by atoms with Crippen molar-refractivity contribution in [2.45, 2.75) is 6.61 Å². The van der Waals surface area contributed by atoms with E-state index in [4.69, 9.17) is 9.84 Å². The van der Waals surface area contributed by atoms with Gasteiger partial charge < -0.3 is 14.9 Å². The van der Waals surface area contributed by atoms with Gasteiger partial charge in [-0.15, -0.1) is 0 Å². The first kappa shape index (κ1) is 9.30. The van der Waals surface area contributed by atoms with Gasteiger partial charge in [0.15, 0.2) is 5.06 Å². The van der Waals surface area contributed by atoms with Crippen LogP contribution in [0, 0.1) is 0 Å². The molecule has 74 valence electrons. The Morgan fingerprint density at radius 2 is 2.21 bits per heavy atom. The Morgan fingerprint density at radius 1 is 1.43 bits per heavy atom. The largest absolute Gasteiger partial charge is 0.506 e. The molecule has 14 heavy (non-hydrogen) atoms. The normalized spacial score (nSPS) is 10.7. The second kappa shape index (κ2) is 3.48. The molecule has 4 heteroatoms. The molecular formula is C10H10O3S. The van der Waals surface area contributed by atoms with Crippen LogP contribution in [0.3, 0.4) is 0 Å². The van der Waals surface area contributed by atoms with Crippen LogP contribution in [-0.4, -0.2) is 17.3 Å². The van der Waals surface area contributed by atoms with Gasteiger partial charge in [0.25, 0.3) is 0 Å². The number of thiophene rings is 1. The number of methoxy groups -OCH3 is 1. The van der Waals surface area contributed by atoms with Crippen molar-refractivity contribution in [2.24, 2.45) is 0 Å². The smallest absolute Gasteiger partial charge is 0.174 e. The average molecular weight is 210 g/mol. The number of hydrogen-bond acceptors (Lipinski definition) is 4. The number of aliphatic hydroxyl groups excluding tert-OH is 1. The van der Waals surface area contributed by atoms with Crippen LogP contribution in [-0.2, 0) is 6.61 Å². The molecule has 0 bridgehead atoms. The summed E-state index contributed by atoms with van der Waals surface area (Å²) < 4.78 is 5.83. The summed E-state index contributed by atoms with van der Waals surface area (Å²) in [7, 11) is 1.59. The van der Waals surface area contributed by atoms with Crippen LogP contribution < -0.4 is 4.74 Å². The SMILES string of the molecule is COc1cc2ccc(CO)c(O)c2s1. The van der Waals surface area contributed by atoms with E-state index in [9.17, 15) is 5.11 Å². The van der Waals surface area contributed by atoms with Gasteiger partial charge in [0.2, 0.25) is 0 Å². The lowest BCUT2D eigenvalue weighted by molar-refractivity contribution is 0.276. The molecule has 1 aromatic carbocycles. The van der Waals surface area contributed by atoms with E-state index in [1.807, 2.05) is 12.1 Å². The average Bonchev–Trinajstić information content (AvgIpc) is 2.62. The molecule has 3 nitrogen and oxygen atoms in total. The van der Waals surface area contributed by atoms with Crippen molar-refractivity contribution >= 4 is 21.4 Å². The highest BCUT2D eigenvalue weighted by atomic mass is 32.1. The number of benzene rings is 1. The second-order valence-electron chi connectivity index (χ2n) is 2.92. The zero-order chi connectivity index (χ0) is 10.1. The zero-order valence-electron chi connectivity index (χ0n) is 7.65. The first-order valence-corrected chi connectivity index (χ1v) is 4.97. The Hall–Kier alpha value is -1.26. The van der Waals surface area contributed by atoms with Gasteiger partial charge in [0, 0.05) is 10.9 Å². The Morgan fingerprint density at radius 3 is 2.86 bits per heavy atom. The monoisotopic (exact) mass is 210 g/mol. The summed E-state index contributed by atoms with van der Waals surface area (Å²) in [5.74, 6) is 0.151. The van der Waals surface area contributed by atoms with Crippen molar-refractivity contribution in [3.05, 3.63) is 23.8 Å². The van der Waals surface area contributed by atoms with Gasteiger partial charge in [-0.25, -0.2) is 0 Å². The van der Waals surface area contributed by atoms with Crippen molar-refractivity contribution in [3.8, 4) is 10.8 Å². The summed E-state index contributed by atoms with van der Waals surface area (Å²) in [5, 5.41) is 20.4. The number of aliphatic hydroxyl groups is 1. The lowest BCUT2D eigenvalue weighted by Crippen LogP contribution is -1.82. The fourth-order valence-electron chi connectivity index (χ4n) is 1.33. The van der Waals surface area contributed by atoms with Gasteiger partial charge in [-0.1, -0.05) is 23.5 Å². The van der Waals surface area contributed by atoms with Crippen LogP contribution in [0.1, 0.15) is 5.56 Å². The molecule has 0 aliphatic heterocycles. The van der Waals surface area contributed by atoms with Crippen molar-refractivity contribution in [2.75, 3.05) is 7.11 Å². The number of fused-ring (bicyclic) bond motifs is 1. The highest BCUT2D eigenvalue weighted by Crippen LogP contribution is 2.38. The maximum absolute atomic E-state index is 9.75. The Balaban J connectivity index is 2.68. The van der Waals surface area contributed by atoms with Crippen molar-refractivity contribution in [1.82, 2.24) is 0 Å². The Labute approximate surface area is 85.2 Å². The van der Waals surface area contributed by atoms with Gasteiger partial charge in [-0.05, 0) is 6.07 Å². The highest BCUT2D eigenvalue weighted by molar-refractivity contribution is 7.21. The number of ether oxygens (including phenoxy) is 1. The van der Waals surface area contributed by atoms with E-state index in [0.717, 1.165) is 15.1 Å². The molecule has 2 N–H and O–H groups in total. The maximum atomic E-state index is 9.75. The van der Waals surface area contributed by atoms with E-state index in [2.05, 4.69) is 0 Å². The molecule has 0 amide bonds. The third-order valence-corrected chi connectivity index (χ3v) is 3.21. The van der Waals surface area contributed by atoms with Crippen molar-refractivity contribution < 1.29 is 14.9 Å². The molecule has 0 saturated heterocycles. The minimum atomic E-state index is -0.151. The minimum absolute atomic E-state index is 0.151. The van der Waals surface area contributed by atoms with E-state index >= 15 is 0 Å². The molecule has 0 fully saturated rings. The van der Waals surface area contributed by atoms with Crippen molar-refractivity contribution in [1.29, 1.82) is 0 Å². The highest BCUT2D eigenvalue weighted by Gasteiger charge is 2.09. The second-order valence-corrected chi connectivity index (χ2v) is 3.93. The van der Waals surface area contributed by atoms with E-state index in [-0.39, 0.29) is 12.4 Å². The zero-order valence-corrected chi connectivity index (χ0v) is 8.47. The molecule has 0 aliphatic carbocycles. The van der Waals surface area contributed by atoms with E-state index in [1.54, 1.807) is 13.2 Å². The number of aromatic hydroxyl groups is 1. The molecule has 2 aromatic rings. The maximum Gasteiger partial charge on any atom is 0.174 e. The summed E-state index contributed by atoms with van der Waals surface area (Å²) in [5.41, 5.74) is 0.544. The molecule has 0 aliphatic rings. The van der Waals surface area contributed by atoms with Gasteiger partial charge >= 0.3 is 0 Å². The fourth-order valence-corrected chi connectivity index (χ4v) is 2.28. The van der Waals surface area contributed by atoms with Crippen LogP contribution >= 0.6 is 11.3 Å². The molecule has 2 rings (SSSR count). The standard InChI is InChI=1S/C10H10O3S/c1-13-8-4-6-2-3-7(5-11)9(12)10(6)14-8/h2-4,11-12H,5H2,1H3. The first-order valence-electron chi connectivity index (χ1n) is 4.15. The van der Waals surface area contributed by atoms with E-state index in [0.29, 0.717) is 5.56 Å². The molecule has 0 spiro atoms. The molecule has 0 atom stereocenters. The third kappa shape index (κ3) is 1.32.